The fraction of sp³-hybridized carbons (Fsp3) is 0.0769. The van der Waals surface area contributed by atoms with Gasteiger partial charge in [0, 0.05) is 23.4 Å². The molecule has 0 saturated heterocycles. The summed E-state index contributed by atoms with van der Waals surface area (Å²) in [5.41, 5.74) is 4.04. The van der Waals surface area contributed by atoms with Crippen LogP contribution in [0.1, 0.15) is 17.7 Å². The number of imidazole rings is 1. The maximum atomic E-state index is 12.6. The van der Waals surface area contributed by atoms with E-state index in [0.29, 0.717) is 40.2 Å². The summed E-state index contributed by atoms with van der Waals surface area (Å²) in [6.07, 6.45) is 2.13. The zero-order valence-electron chi connectivity index (χ0n) is 17.9. The van der Waals surface area contributed by atoms with Gasteiger partial charge in [-0.1, -0.05) is 48.0 Å². The van der Waals surface area contributed by atoms with Crippen LogP contribution in [0.5, 0.6) is 0 Å². The molecule has 166 valence electrons. The average molecular weight is 468 g/mol. The SMILES string of the molecule is N#Cc1ccccc1NC(=O)CCc1oc(-n2cnc3ccccc32)nc1-c1ccc(Cl)cc1. The summed E-state index contributed by atoms with van der Waals surface area (Å²) in [4.78, 5) is 21.8. The lowest BCUT2D eigenvalue weighted by Crippen LogP contribution is -2.13. The maximum absolute atomic E-state index is 12.6. The number of nitriles is 1. The van der Waals surface area contributed by atoms with Crippen LogP contribution < -0.4 is 5.32 Å². The number of aryl methyl sites for hydroxylation is 1. The first-order valence-electron chi connectivity index (χ1n) is 10.6. The molecule has 0 saturated carbocycles. The minimum absolute atomic E-state index is 0.152. The summed E-state index contributed by atoms with van der Waals surface area (Å²) in [6, 6.07) is 24.3. The number of carbonyl (C=O) groups excluding carboxylic acids is 1. The zero-order valence-corrected chi connectivity index (χ0v) is 18.7. The van der Waals surface area contributed by atoms with E-state index in [2.05, 4.69) is 16.4 Å². The third-order valence-electron chi connectivity index (χ3n) is 5.36. The molecule has 5 aromatic rings. The highest BCUT2D eigenvalue weighted by atomic mass is 35.5. The van der Waals surface area contributed by atoms with Gasteiger partial charge in [0.1, 0.15) is 23.9 Å². The Morgan fingerprint density at radius 1 is 1.06 bits per heavy atom. The number of nitrogens with zero attached hydrogens (tertiary/aromatic N) is 4. The molecule has 0 aliphatic carbocycles. The first-order valence-corrected chi connectivity index (χ1v) is 11.0. The van der Waals surface area contributed by atoms with Crippen LogP contribution in [-0.2, 0) is 11.2 Å². The fourth-order valence-corrected chi connectivity index (χ4v) is 3.81. The van der Waals surface area contributed by atoms with Gasteiger partial charge in [0.15, 0.2) is 0 Å². The van der Waals surface area contributed by atoms with Gasteiger partial charge < -0.3 is 9.73 Å². The molecule has 0 radical (unpaired) electrons. The van der Waals surface area contributed by atoms with Gasteiger partial charge in [-0.3, -0.25) is 9.36 Å². The monoisotopic (exact) mass is 467 g/mol. The van der Waals surface area contributed by atoms with E-state index in [0.717, 1.165) is 16.6 Å². The second-order valence-electron chi connectivity index (χ2n) is 7.58. The van der Waals surface area contributed by atoms with Gasteiger partial charge >= 0.3 is 6.01 Å². The molecule has 34 heavy (non-hydrogen) atoms. The molecular formula is C26H18ClN5O2. The number of hydrogen-bond donors (Lipinski definition) is 1. The van der Waals surface area contributed by atoms with Crippen molar-refractivity contribution in [3.63, 3.8) is 0 Å². The molecule has 0 atom stereocenters. The molecule has 0 spiro atoms. The molecule has 0 unspecified atom stereocenters. The van der Waals surface area contributed by atoms with Crippen LogP contribution in [0.4, 0.5) is 5.69 Å². The van der Waals surface area contributed by atoms with E-state index < -0.39 is 0 Å². The molecule has 2 heterocycles. The van der Waals surface area contributed by atoms with Gasteiger partial charge in [0.05, 0.1) is 22.3 Å². The lowest BCUT2D eigenvalue weighted by Gasteiger charge is -2.06. The van der Waals surface area contributed by atoms with Gasteiger partial charge in [0.2, 0.25) is 5.91 Å². The smallest absolute Gasteiger partial charge is 0.308 e. The van der Waals surface area contributed by atoms with Crippen molar-refractivity contribution in [2.45, 2.75) is 12.8 Å². The number of aromatic nitrogens is 3. The van der Waals surface area contributed by atoms with Gasteiger partial charge in [0.25, 0.3) is 0 Å². The number of para-hydroxylation sites is 3. The summed E-state index contributed by atoms with van der Waals surface area (Å²) < 4.78 is 7.92. The van der Waals surface area contributed by atoms with E-state index in [1.807, 2.05) is 36.4 Å². The van der Waals surface area contributed by atoms with Crippen molar-refractivity contribution in [3.8, 4) is 23.3 Å². The summed E-state index contributed by atoms with van der Waals surface area (Å²) in [5, 5.41) is 12.7. The minimum atomic E-state index is -0.226. The molecular weight excluding hydrogens is 450 g/mol. The summed E-state index contributed by atoms with van der Waals surface area (Å²) in [7, 11) is 0. The van der Waals surface area contributed by atoms with E-state index in [1.54, 1.807) is 47.3 Å². The molecule has 0 bridgehead atoms. The van der Waals surface area contributed by atoms with E-state index in [1.165, 1.54) is 0 Å². The number of carbonyl (C=O) groups is 1. The van der Waals surface area contributed by atoms with E-state index in [4.69, 9.17) is 21.0 Å². The van der Waals surface area contributed by atoms with Crippen LogP contribution in [0.2, 0.25) is 5.02 Å². The number of amides is 1. The molecule has 5 rings (SSSR count). The topological polar surface area (TPSA) is 96.7 Å². The summed E-state index contributed by atoms with van der Waals surface area (Å²) in [6.45, 7) is 0. The molecule has 2 aromatic heterocycles. The summed E-state index contributed by atoms with van der Waals surface area (Å²) >= 11 is 6.06. The Morgan fingerprint density at radius 2 is 1.82 bits per heavy atom. The Hall–Kier alpha value is -4.41. The Morgan fingerprint density at radius 3 is 2.65 bits per heavy atom. The number of halogens is 1. The summed E-state index contributed by atoms with van der Waals surface area (Å²) in [5.74, 6) is 0.342. The number of hydrogen-bond acceptors (Lipinski definition) is 5. The highest BCUT2D eigenvalue weighted by molar-refractivity contribution is 6.30. The molecule has 0 fully saturated rings. The third-order valence-corrected chi connectivity index (χ3v) is 5.62. The molecule has 3 aromatic carbocycles. The van der Waals surface area contributed by atoms with Crippen molar-refractivity contribution in [2.75, 3.05) is 5.32 Å². The average Bonchev–Trinajstić information content (AvgIpc) is 3.48. The second-order valence-corrected chi connectivity index (χ2v) is 8.02. The minimum Gasteiger partial charge on any atom is -0.427 e. The van der Waals surface area contributed by atoms with Crippen molar-refractivity contribution in [1.29, 1.82) is 5.26 Å². The highest BCUT2D eigenvalue weighted by Gasteiger charge is 2.19. The Kier molecular flexibility index (Phi) is 5.81. The van der Waals surface area contributed by atoms with Crippen LogP contribution in [0.25, 0.3) is 28.3 Å². The first-order chi connectivity index (χ1) is 16.6. The number of fused-ring (bicyclic) bond motifs is 1. The maximum Gasteiger partial charge on any atom is 0.308 e. The number of rotatable bonds is 6. The van der Waals surface area contributed by atoms with E-state index in [9.17, 15) is 10.1 Å². The fourth-order valence-electron chi connectivity index (χ4n) is 3.69. The molecule has 1 amide bonds. The zero-order chi connectivity index (χ0) is 23.5. The van der Waals surface area contributed by atoms with Crippen molar-refractivity contribution in [2.24, 2.45) is 0 Å². The largest absolute Gasteiger partial charge is 0.427 e. The second kappa shape index (κ2) is 9.22. The van der Waals surface area contributed by atoms with Gasteiger partial charge in [-0.25, -0.2) is 4.98 Å². The first kappa shape index (κ1) is 21.4. The molecule has 1 N–H and O–H groups in total. The van der Waals surface area contributed by atoms with Crippen LogP contribution in [0, 0.1) is 11.3 Å². The highest BCUT2D eigenvalue weighted by Crippen LogP contribution is 2.29. The quantitative estimate of drug-likeness (QED) is 0.341. The molecule has 0 aliphatic heterocycles. The van der Waals surface area contributed by atoms with Crippen LogP contribution >= 0.6 is 11.6 Å². The van der Waals surface area contributed by atoms with E-state index >= 15 is 0 Å². The van der Waals surface area contributed by atoms with Gasteiger partial charge in [-0.15, -0.1) is 0 Å². The third kappa shape index (κ3) is 4.27. The number of nitrogens with one attached hydrogen (secondary N) is 1. The van der Waals surface area contributed by atoms with E-state index in [-0.39, 0.29) is 12.3 Å². The van der Waals surface area contributed by atoms with Crippen LogP contribution in [0.15, 0.2) is 83.5 Å². The Balaban J connectivity index is 1.45. The lowest BCUT2D eigenvalue weighted by molar-refractivity contribution is -0.116. The molecule has 7 nitrogen and oxygen atoms in total. The van der Waals surface area contributed by atoms with Crippen molar-refractivity contribution in [1.82, 2.24) is 14.5 Å². The Labute approximate surface area is 200 Å². The number of anilines is 1. The van der Waals surface area contributed by atoms with Gasteiger partial charge in [-0.05, 0) is 36.4 Å². The van der Waals surface area contributed by atoms with Crippen LogP contribution in [0.3, 0.4) is 0 Å². The lowest BCUT2D eigenvalue weighted by atomic mass is 10.1. The Bertz CT molecular complexity index is 1530. The predicted octanol–water partition coefficient (Wildman–Crippen LogP) is 5.78. The van der Waals surface area contributed by atoms with Crippen molar-refractivity contribution < 1.29 is 9.21 Å². The standard InChI is InChI=1S/C26H18ClN5O2/c27-19-11-9-17(10-12-19)25-23(13-14-24(33)30-20-6-2-1-5-18(20)15-28)34-26(31-25)32-16-29-21-7-3-4-8-22(21)32/h1-12,16H,13-14H2,(H,30,33). The van der Waals surface area contributed by atoms with Crippen molar-refractivity contribution in [3.05, 3.63) is 95.5 Å². The van der Waals surface area contributed by atoms with Crippen molar-refractivity contribution >= 4 is 34.2 Å². The molecule has 8 heteroatoms. The predicted molar refractivity (Wildman–Crippen MR) is 130 cm³/mol. The number of benzene rings is 3. The normalized spacial score (nSPS) is 10.8. The number of oxazole rings is 1. The molecule has 0 aliphatic rings. The van der Waals surface area contributed by atoms with Gasteiger partial charge in [-0.2, -0.15) is 10.2 Å². The van der Waals surface area contributed by atoms with Crippen LogP contribution in [-0.4, -0.2) is 20.4 Å².